The Hall–Kier alpha value is -1.65. The fourth-order valence-electron chi connectivity index (χ4n) is 1.85. The van der Waals surface area contributed by atoms with Crippen molar-refractivity contribution in [2.75, 3.05) is 18.0 Å². The minimum absolute atomic E-state index is 0.416. The molecule has 1 fully saturated rings. The second kappa shape index (κ2) is 4.25. The monoisotopic (exact) mass is 206 g/mol. The van der Waals surface area contributed by atoms with E-state index < -0.39 is 5.91 Å². The van der Waals surface area contributed by atoms with Crippen molar-refractivity contribution in [3.05, 3.63) is 18.1 Å². The summed E-state index contributed by atoms with van der Waals surface area (Å²) < 4.78 is 0. The maximum atomic E-state index is 11.2. The van der Waals surface area contributed by atoms with Crippen molar-refractivity contribution in [1.82, 2.24) is 9.97 Å². The molecular formula is C10H14N4O. The average molecular weight is 206 g/mol. The molecule has 1 aliphatic heterocycles. The Bertz CT molecular complexity index is 360. The molecule has 2 heterocycles. The van der Waals surface area contributed by atoms with E-state index in [1.165, 1.54) is 18.9 Å². The number of nitrogens with two attached hydrogens (primary N) is 1. The number of rotatable bonds is 2. The first-order chi connectivity index (χ1) is 7.29. The van der Waals surface area contributed by atoms with Gasteiger partial charge in [-0.05, 0) is 19.3 Å². The van der Waals surface area contributed by atoms with Crippen molar-refractivity contribution < 1.29 is 4.79 Å². The molecule has 1 aromatic heterocycles. The number of carbonyl (C=O) groups is 1. The van der Waals surface area contributed by atoms with E-state index in [1.807, 2.05) is 0 Å². The SMILES string of the molecule is NC(=O)c1cncnc1N1CCCCC1. The van der Waals surface area contributed by atoms with Gasteiger partial charge in [0.2, 0.25) is 0 Å². The summed E-state index contributed by atoms with van der Waals surface area (Å²) in [5, 5.41) is 0. The Labute approximate surface area is 88.3 Å². The van der Waals surface area contributed by atoms with E-state index >= 15 is 0 Å². The van der Waals surface area contributed by atoms with E-state index in [1.54, 1.807) is 0 Å². The van der Waals surface area contributed by atoms with Crippen LogP contribution in [-0.4, -0.2) is 29.0 Å². The standard InChI is InChI=1S/C10H14N4O/c11-9(15)8-6-12-7-13-10(8)14-4-2-1-3-5-14/h6-7H,1-5H2,(H2,11,15). The lowest BCUT2D eigenvalue weighted by Gasteiger charge is -2.28. The lowest BCUT2D eigenvalue weighted by molar-refractivity contribution is 0.1000. The number of hydrogen-bond donors (Lipinski definition) is 1. The van der Waals surface area contributed by atoms with Crippen LogP contribution in [0.1, 0.15) is 29.6 Å². The zero-order valence-electron chi connectivity index (χ0n) is 8.52. The summed E-state index contributed by atoms with van der Waals surface area (Å²) in [6.07, 6.45) is 6.47. The fourth-order valence-corrected chi connectivity index (χ4v) is 1.85. The van der Waals surface area contributed by atoms with Gasteiger partial charge in [-0.2, -0.15) is 0 Å². The number of primary amides is 1. The van der Waals surface area contributed by atoms with Gasteiger partial charge in [-0.1, -0.05) is 0 Å². The number of carbonyl (C=O) groups excluding carboxylic acids is 1. The highest BCUT2D eigenvalue weighted by Crippen LogP contribution is 2.20. The molecule has 15 heavy (non-hydrogen) atoms. The number of hydrogen-bond acceptors (Lipinski definition) is 4. The van der Waals surface area contributed by atoms with Gasteiger partial charge in [-0.15, -0.1) is 0 Å². The van der Waals surface area contributed by atoms with E-state index in [2.05, 4.69) is 14.9 Å². The summed E-state index contributed by atoms with van der Waals surface area (Å²) in [4.78, 5) is 21.2. The summed E-state index contributed by atoms with van der Waals surface area (Å²) in [5.74, 6) is 0.216. The molecule has 1 amide bonds. The lowest BCUT2D eigenvalue weighted by atomic mass is 10.1. The molecule has 0 unspecified atom stereocenters. The summed E-state index contributed by atoms with van der Waals surface area (Å²) in [6, 6.07) is 0. The van der Waals surface area contributed by atoms with E-state index in [0.29, 0.717) is 11.4 Å². The second-order valence-corrected chi connectivity index (χ2v) is 3.67. The molecule has 0 spiro atoms. The topological polar surface area (TPSA) is 72.1 Å². The number of nitrogens with zero attached hydrogens (tertiary/aromatic N) is 3. The molecule has 5 nitrogen and oxygen atoms in total. The smallest absolute Gasteiger partial charge is 0.254 e. The first-order valence-electron chi connectivity index (χ1n) is 5.14. The van der Waals surface area contributed by atoms with Gasteiger partial charge in [-0.3, -0.25) is 4.79 Å². The van der Waals surface area contributed by atoms with Crippen LogP contribution < -0.4 is 10.6 Å². The first kappa shape index (κ1) is 9.89. The Morgan fingerprint density at radius 2 is 2.07 bits per heavy atom. The van der Waals surface area contributed by atoms with Gasteiger partial charge in [0.1, 0.15) is 12.1 Å². The Balaban J connectivity index is 2.29. The van der Waals surface area contributed by atoms with Crippen LogP contribution in [0.2, 0.25) is 0 Å². The number of piperidine rings is 1. The minimum Gasteiger partial charge on any atom is -0.365 e. The third-order valence-electron chi connectivity index (χ3n) is 2.61. The Morgan fingerprint density at radius 3 is 2.73 bits per heavy atom. The molecule has 2 rings (SSSR count). The number of amides is 1. The summed E-state index contributed by atoms with van der Waals surface area (Å²) >= 11 is 0. The Morgan fingerprint density at radius 1 is 1.33 bits per heavy atom. The summed E-state index contributed by atoms with van der Waals surface area (Å²) in [5.41, 5.74) is 5.69. The molecule has 0 bridgehead atoms. The van der Waals surface area contributed by atoms with Crippen LogP contribution in [0.25, 0.3) is 0 Å². The van der Waals surface area contributed by atoms with E-state index in [4.69, 9.17) is 5.73 Å². The fraction of sp³-hybridized carbons (Fsp3) is 0.500. The van der Waals surface area contributed by atoms with Gasteiger partial charge in [0.15, 0.2) is 0 Å². The third kappa shape index (κ3) is 2.06. The summed E-state index contributed by atoms with van der Waals surface area (Å²) in [6.45, 7) is 1.88. The van der Waals surface area contributed by atoms with Gasteiger partial charge in [0.05, 0.1) is 5.56 Å². The lowest BCUT2D eigenvalue weighted by Crippen LogP contribution is -2.32. The minimum atomic E-state index is -0.462. The third-order valence-corrected chi connectivity index (χ3v) is 2.61. The quantitative estimate of drug-likeness (QED) is 0.767. The molecule has 1 aliphatic rings. The molecule has 0 saturated carbocycles. The Kier molecular flexibility index (Phi) is 2.80. The zero-order chi connectivity index (χ0) is 10.7. The molecule has 5 heteroatoms. The van der Waals surface area contributed by atoms with Gasteiger partial charge in [0.25, 0.3) is 5.91 Å². The molecule has 0 radical (unpaired) electrons. The van der Waals surface area contributed by atoms with E-state index in [-0.39, 0.29) is 0 Å². The molecule has 1 saturated heterocycles. The van der Waals surface area contributed by atoms with Gasteiger partial charge in [-0.25, -0.2) is 9.97 Å². The molecular weight excluding hydrogens is 192 g/mol. The zero-order valence-corrected chi connectivity index (χ0v) is 8.52. The van der Waals surface area contributed by atoms with Crippen LogP contribution in [0.3, 0.4) is 0 Å². The predicted molar refractivity (Wildman–Crippen MR) is 56.6 cm³/mol. The van der Waals surface area contributed by atoms with Gasteiger partial charge in [0, 0.05) is 19.3 Å². The van der Waals surface area contributed by atoms with Crippen LogP contribution in [-0.2, 0) is 0 Å². The average Bonchev–Trinajstić information content (AvgIpc) is 2.30. The molecule has 0 aromatic carbocycles. The molecule has 0 atom stereocenters. The van der Waals surface area contributed by atoms with Gasteiger partial charge < -0.3 is 10.6 Å². The van der Waals surface area contributed by atoms with Crippen LogP contribution >= 0.6 is 0 Å². The highest BCUT2D eigenvalue weighted by atomic mass is 16.1. The van der Waals surface area contributed by atoms with Crippen molar-refractivity contribution in [3.8, 4) is 0 Å². The van der Waals surface area contributed by atoms with Crippen LogP contribution in [0, 0.1) is 0 Å². The molecule has 80 valence electrons. The first-order valence-corrected chi connectivity index (χ1v) is 5.14. The van der Waals surface area contributed by atoms with Crippen LogP contribution in [0.15, 0.2) is 12.5 Å². The van der Waals surface area contributed by atoms with Crippen molar-refractivity contribution in [1.29, 1.82) is 0 Å². The molecule has 2 N–H and O–H groups in total. The van der Waals surface area contributed by atoms with Gasteiger partial charge >= 0.3 is 0 Å². The van der Waals surface area contributed by atoms with Crippen LogP contribution in [0.4, 0.5) is 5.82 Å². The van der Waals surface area contributed by atoms with Crippen molar-refractivity contribution in [2.45, 2.75) is 19.3 Å². The number of anilines is 1. The van der Waals surface area contributed by atoms with E-state index in [0.717, 1.165) is 25.9 Å². The highest BCUT2D eigenvalue weighted by Gasteiger charge is 2.18. The van der Waals surface area contributed by atoms with E-state index in [9.17, 15) is 4.79 Å². The largest absolute Gasteiger partial charge is 0.365 e. The molecule has 1 aromatic rings. The van der Waals surface area contributed by atoms with Crippen LogP contribution in [0.5, 0.6) is 0 Å². The molecule has 0 aliphatic carbocycles. The second-order valence-electron chi connectivity index (χ2n) is 3.67. The van der Waals surface area contributed by atoms with Crippen molar-refractivity contribution in [2.24, 2.45) is 5.73 Å². The number of aromatic nitrogens is 2. The predicted octanol–water partition coefficient (Wildman–Crippen LogP) is 0.566. The van der Waals surface area contributed by atoms with Crippen molar-refractivity contribution >= 4 is 11.7 Å². The van der Waals surface area contributed by atoms with Crippen molar-refractivity contribution in [3.63, 3.8) is 0 Å². The maximum absolute atomic E-state index is 11.2. The maximum Gasteiger partial charge on any atom is 0.254 e. The highest BCUT2D eigenvalue weighted by molar-refractivity contribution is 5.97. The normalized spacial score (nSPS) is 16.4. The summed E-state index contributed by atoms with van der Waals surface area (Å²) in [7, 11) is 0.